The normalized spacial score (nSPS) is 10.6. The Balaban J connectivity index is 2.40. The van der Waals surface area contributed by atoms with Crippen molar-refractivity contribution in [2.45, 2.75) is 0 Å². The molecule has 0 bridgehead atoms. The van der Waals surface area contributed by atoms with Crippen LogP contribution in [-0.4, -0.2) is 6.73 Å². The van der Waals surface area contributed by atoms with Crippen LogP contribution >= 0.6 is 8.69 Å². The number of hydrogen-bond donors (Lipinski definition) is 1. The molecule has 2 N–H and O–H groups in total. The minimum Gasteiger partial charge on any atom is -0.317 e. The summed E-state index contributed by atoms with van der Waals surface area (Å²) in [5.74, 6) is 0. The summed E-state index contributed by atoms with van der Waals surface area (Å²) >= 11 is 0. The van der Waals surface area contributed by atoms with Crippen LogP contribution in [0.4, 0.5) is 0 Å². The van der Waals surface area contributed by atoms with E-state index in [0.29, 0.717) is 0 Å². The van der Waals surface area contributed by atoms with Crippen molar-refractivity contribution >= 4 is 8.69 Å². The van der Waals surface area contributed by atoms with Gasteiger partial charge in [0.1, 0.15) is 6.73 Å². The predicted molar refractivity (Wildman–Crippen MR) is 20.5 cm³/mol. The average molecular weight is 95.0 g/mol. The molecule has 0 spiro atoms. The Morgan fingerprint density at radius 2 is 2.60 bits per heavy atom. The lowest BCUT2D eigenvalue weighted by Crippen LogP contribution is -1.95. The molecule has 0 aliphatic heterocycles. The van der Waals surface area contributed by atoms with Crippen LogP contribution in [0.25, 0.3) is 0 Å². The van der Waals surface area contributed by atoms with Crippen molar-refractivity contribution in [3.8, 4) is 0 Å². The molecule has 0 aliphatic carbocycles. The summed E-state index contributed by atoms with van der Waals surface area (Å²) < 4.78 is 13.4. The third-order valence-corrected chi connectivity index (χ3v) is 0.493. The van der Waals surface area contributed by atoms with E-state index in [1.54, 1.807) is 0 Å². The first kappa shape index (κ1) is 5.15. The summed E-state index contributed by atoms with van der Waals surface area (Å²) in [6, 6.07) is 0. The zero-order valence-electron chi connectivity index (χ0n) is 2.68. The molecule has 1 unspecified atom stereocenters. The van der Waals surface area contributed by atoms with E-state index in [1.165, 1.54) is 0 Å². The molecule has 0 saturated carbocycles. The van der Waals surface area contributed by atoms with Gasteiger partial charge >= 0.3 is 0 Å². The van der Waals surface area contributed by atoms with Crippen molar-refractivity contribution in [3.05, 3.63) is 0 Å². The molecule has 0 aromatic rings. The molecule has 0 amide bonds. The second-order valence-corrected chi connectivity index (χ2v) is 0.955. The Morgan fingerprint density at radius 3 is 2.60 bits per heavy atom. The maximum atomic E-state index is 9.31. The van der Waals surface area contributed by atoms with E-state index in [4.69, 9.17) is 5.73 Å². The minimum atomic E-state index is -1.09. The van der Waals surface area contributed by atoms with Crippen molar-refractivity contribution in [1.29, 1.82) is 0 Å². The molecule has 32 valence electrons. The topological polar surface area (TPSA) is 52.3 Å². The van der Waals surface area contributed by atoms with Crippen molar-refractivity contribution in [2.75, 3.05) is 6.73 Å². The highest BCUT2D eigenvalue weighted by Crippen LogP contribution is 1.86. The van der Waals surface area contributed by atoms with Gasteiger partial charge in [0.2, 0.25) is 0 Å². The van der Waals surface area contributed by atoms with E-state index in [0.717, 1.165) is 0 Å². The van der Waals surface area contributed by atoms with E-state index in [-0.39, 0.29) is 6.73 Å². The fourth-order valence-electron chi connectivity index (χ4n) is 0.0393. The molecule has 0 aliphatic rings. The van der Waals surface area contributed by atoms with E-state index < -0.39 is 8.69 Å². The molecule has 0 radical (unpaired) electrons. The van der Waals surface area contributed by atoms with Gasteiger partial charge in [-0.05, 0) is 0 Å². The van der Waals surface area contributed by atoms with Crippen LogP contribution in [0.15, 0.2) is 0 Å². The van der Waals surface area contributed by atoms with Gasteiger partial charge in [0.15, 0.2) is 8.69 Å². The van der Waals surface area contributed by atoms with Crippen LogP contribution in [0.2, 0.25) is 0 Å². The van der Waals surface area contributed by atoms with Crippen molar-refractivity contribution in [2.24, 2.45) is 5.73 Å². The van der Waals surface area contributed by atoms with E-state index in [1.807, 2.05) is 0 Å². The molecule has 0 fully saturated rings. The fraction of sp³-hybridized carbons (Fsp3) is 1.00. The fourth-order valence-corrected chi connectivity index (χ4v) is 0.118. The highest BCUT2D eigenvalue weighted by Gasteiger charge is 1.59. The largest absolute Gasteiger partial charge is 0.317 e. The molecule has 0 aromatic heterocycles. The van der Waals surface area contributed by atoms with Crippen LogP contribution in [0.5, 0.6) is 0 Å². The first-order valence-electron chi connectivity index (χ1n) is 1.17. The summed E-state index contributed by atoms with van der Waals surface area (Å²) in [6.07, 6.45) is 0. The van der Waals surface area contributed by atoms with Crippen molar-refractivity contribution in [1.82, 2.24) is 0 Å². The third-order valence-electron chi connectivity index (χ3n) is 0.164. The third kappa shape index (κ3) is 4.15. The molecule has 1 atom stereocenters. The highest BCUT2D eigenvalue weighted by atomic mass is 31.1. The molecule has 0 aromatic carbocycles. The molecule has 0 heterocycles. The summed E-state index contributed by atoms with van der Waals surface area (Å²) in [5.41, 5.74) is 4.74. The summed E-state index contributed by atoms with van der Waals surface area (Å²) in [5, 5.41) is 0. The first-order valence-corrected chi connectivity index (χ1v) is 2.11. The van der Waals surface area contributed by atoms with Gasteiger partial charge in [-0.2, -0.15) is 0 Å². The monoisotopic (exact) mass is 95.0 g/mol. The maximum Gasteiger partial charge on any atom is 0.181 e. The lowest BCUT2D eigenvalue weighted by atomic mass is 11.4. The van der Waals surface area contributed by atoms with E-state index in [2.05, 4.69) is 4.52 Å². The summed E-state index contributed by atoms with van der Waals surface area (Å²) in [7, 11) is -1.09. The van der Waals surface area contributed by atoms with Crippen LogP contribution in [0.1, 0.15) is 0 Å². The molecular formula is CH6NO2P. The Labute approximate surface area is 31.4 Å². The molecule has 0 rings (SSSR count). The smallest absolute Gasteiger partial charge is 0.181 e. The zero-order chi connectivity index (χ0) is 4.12. The maximum absolute atomic E-state index is 9.31. The number of hydrogen-bond acceptors (Lipinski definition) is 3. The quantitative estimate of drug-likeness (QED) is 0.374. The standard InChI is InChI=1S/CH6NO2P/c2-1-4-5-3/h1-2,5H2. The predicted octanol–water partition coefficient (Wildman–Crippen LogP) is -0.409. The zero-order valence-corrected chi connectivity index (χ0v) is 3.83. The van der Waals surface area contributed by atoms with Crippen LogP contribution in [0.3, 0.4) is 0 Å². The number of rotatable bonds is 2. The van der Waals surface area contributed by atoms with Gasteiger partial charge in [-0.1, -0.05) is 0 Å². The average Bonchev–Trinajstić information content (AvgIpc) is 1.41. The lowest BCUT2D eigenvalue weighted by Gasteiger charge is -1.77. The molecule has 4 heteroatoms. The molecule has 0 saturated heterocycles. The SMILES string of the molecule is NCO[PH2]=O. The van der Waals surface area contributed by atoms with Crippen molar-refractivity contribution < 1.29 is 9.09 Å². The number of nitrogens with two attached hydrogens (primary N) is 1. The molecule has 3 nitrogen and oxygen atoms in total. The van der Waals surface area contributed by atoms with Crippen molar-refractivity contribution in [3.63, 3.8) is 0 Å². The van der Waals surface area contributed by atoms with Crippen LogP contribution < -0.4 is 5.73 Å². The van der Waals surface area contributed by atoms with Gasteiger partial charge in [-0.15, -0.1) is 0 Å². The van der Waals surface area contributed by atoms with Crippen LogP contribution in [-0.2, 0) is 9.09 Å². The lowest BCUT2D eigenvalue weighted by molar-refractivity contribution is 0.355. The Morgan fingerprint density at radius 1 is 2.00 bits per heavy atom. The van der Waals surface area contributed by atoms with Gasteiger partial charge in [0.05, 0.1) is 0 Å². The van der Waals surface area contributed by atoms with Gasteiger partial charge in [0, 0.05) is 0 Å². The Kier molecular flexibility index (Phi) is 4.27. The van der Waals surface area contributed by atoms with E-state index >= 15 is 0 Å². The summed E-state index contributed by atoms with van der Waals surface area (Å²) in [6.45, 7) is 0.0683. The van der Waals surface area contributed by atoms with Gasteiger partial charge < -0.3 is 10.3 Å². The first-order chi connectivity index (χ1) is 2.41. The van der Waals surface area contributed by atoms with Gasteiger partial charge in [-0.3, -0.25) is 4.57 Å². The second-order valence-electron chi connectivity index (χ2n) is 0.430. The van der Waals surface area contributed by atoms with Gasteiger partial charge in [0.25, 0.3) is 0 Å². The summed E-state index contributed by atoms with van der Waals surface area (Å²) in [4.78, 5) is 0. The Bertz CT molecular complexity index is 30.8. The Hall–Kier alpha value is 0.150. The second kappa shape index (κ2) is 4.15. The molecular weight excluding hydrogens is 89.0 g/mol. The minimum absolute atomic E-state index is 0.0683. The van der Waals surface area contributed by atoms with Crippen LogP contribution in [0, 0.1) is 0 Å². The highest BCUT2D eigenvalue weighted by molar-refractivity contribution is 7.17. The van der Waals surface area contributed by atoms with E-state index in [9.17, 15) is 4.57 Å². The van der Waals surface area contributed by atoms with Gasteiger partial charge in [-0.25, -0.2) is 0 Å². The molecule has 5 heavy (non-hydrogen) atoms.